The van der Waals surface area contributed by atoms with E-state index in [2.05, 4.69) is 65.6 Å². The molecule has 2 unspecified atom stereocenters. The number of aromatic nitrogens is 2. The predicted molar refractivity (Wildman–Crippen MR) is 85.6 cm³/mol. The quantitative estimate of drug-likeness (QED) is 0.786. The van der Waals surface area contributed by atoms with E-state index in [1.54, 1.807) is 0 Å². The monoisotopic (exact) mass is 329 g/mol. The standard InChI is InChI=1S/C15H28BrN3/c1-6-9-17-12(5)11(4)10-14-15(16)13(7-2)18-19(14)8-3/h11-12,17H,6-10H2,1-5H3. The van der Waals surface area contributed by atoms with Crippen molar-refractivity contribution in [3.05, 3.63) is 15.9 Å². The van der Waals surface area contributed by atoms with E-state index >= 15 is 0 Å². The molecule has 0 saturated heterocycles. The minimum atomic E-state index is 0.539. The third kappa shape index (κ3) is 4.32. The van der Waals surface area contributed by atoms with E-state index in [1.165, 1.54) is 22.3 Å². The van der Waals surface area contributed by atoms with Crippen LogP contribution in [0.3, 0.4) is 0 Å². The summed E-state index contributed by atoms with van der Waals surface area (Å²) in [4.78, 5) is 0. The second-order valence-corrected chi connectivity index (χ2v) is 6.09. The highest BCUT2D eigenvalue weighted by Crippen LogP contribution is 2.25. The largest absolute Gasteiger partial charge is 0.314 e. The van der Waals surface area contributed by atoms with Crippen molar-refractivity contribution < 1.29 is 0 Å². The lowest BCUT2D eigenvalue weighted by molar-refractivity contribution is 0.389. The molecule has 0 fully saturated rings. The molecular formula is C15H28BrN3. The summed E-state index contributed by atoms with van der Waals surface area (Å²) in [5.74, 6) is 0.606. The van der Waals surface area contributed by atoms with Gasteiger partial charge in [0.25, 0.3) is 0 Å². The van der Waals surface area contributed by atoms with Crippen molar-refractivity contribution in [2.75, 3.05) is 6.54 Å². The maximum atomic E-state index is 4.67. The van der Waals surface area contributed by atoms with Crippen LogP contribution in [-0.4, -0.2) is 22.4 Å². The maximum absolute atomic E-state index is 4.67. The van der Waals surface area contributed by atoms with E-state index < -0.39 is 0 Å². The van der Waals surface area contributed by atoms with Crippen LogP contribution in [0.2, 0.25) is 0 Å². The van der Waals surface area contributed by atoms with E-state index in [0.29, 0.717) is 12.0 Å². The van der Waals surface area contributed by atoms with Gasteiger partial charge in [-0.1, -0.05) is 20.8 Å². The molecule has 1 heterocycles. The Bertz CT molecular complexity index is 387. The molecule has 0 bridgehead atoms. The Morgan fingerprint density at radius 3 is 2.47 bits per heavy atom. The van der Waals surface area contributed by atoms with Gasteiger partial charge in [0.2, 0.25) is 0 Å². The molecule has 4 heteroatoms. The van der Waals surface area contributed by atoms with Crippen LogP contribution in [0.1, 0.15) is 52.4 Å². The molecule has 0 aromatic carbocycles. The number of halogens is 1. The molecule has 0 aliphatic heterocycles. The molecule has 0 amide bonds. The first kappa shape index (κ1) is 16.7. The highest BCUT2D eigenvalue weighted by molar-refractivity contribution is 9.10. The summed E-state index contributed by atoms with van der Waals surface area (Å²) in [5.41, 5.74) is 2.52. The molecule has 0 aliphatic carbocycles. The second-order valence-electron chi connectivity index (χ2n) is 5.30. The fourth-order valence-corrected chi connectivity index (χ4v) is 2.99. The van der Waals surface area contributed by atoms with E-state index in [1.807, 2.05) is 0 Å². The first-order valence-corrected chi connectivity index (χ1v) is 8.31. The Balaban J connectivity index is 2.77. The van der Waals surface area contributed by atoms with Gasteiger partial charge in [-0.05, 0) is 61.5 Å². The average molecular weight is 330 g/mol. The molecule has 1 rings (SSSR count). The van der Waals surface area contributed by atoms with Crippen molar-refractivity contribution in [1.29, 1.82) is 0 Å². The van der Waals surface area contributed by atoms with Gasteiger partial charge >= 0.3 is 0 Å². The van der Waals surface area contributed by atoms with Crippen LogP contribution in [0.15, 0.2) is 4.47 Å². The molecule has 3 nitrogen and oxygen atoms in total. The second kappa shape index (κ2) is 8.05. The van der Waals surface area contributed by atoms with Crippen molar-refractivity contribution in [1.82, 2.24) is 15.1 Å². The lowest BCUT2D eigenvalue weighted by atomic mass is 9.97. The highest BCUT2D eigenvalue weighted by Gasteiger charge is 2.19. The Kier molecular flexibility index (Phi) is 7.08. The van der Waals surface area contributed by atoms with Crippen LogP contribution >= 0.6 is 15.9 Å². The van der Waals surface area contributed by atoms with Gasteiger partial charge in [0.05, 0.1) is 15.9 Å². The zero-order valence-electron chi connectivity index (χ0n) is 13.0. The molecule has 2 atom stereocenters. The number of aryl methyl sites for hydroxylation is 2. The van der Waals surface area contributed by atoms with E-state index in [4.69, 9.17) is 0 Å². The fraction of sp³-hybridized carbons (Fsp3) is 0.800. The third-order valence-electron chi connectivity index (χ3n) is 3.78. The summed E-state index contributed by atoms with van der Waals surface area (Å²) in [6.45, 7) is 13.2. The Labute approximate surface area is 126 Å². The molecule has 19 heavy (non-hydrogen) atoms. The molecule has 1 aromatic heterocycles. The number of nitrogens with one attached hydrogen (secondary N) is 1. The summed E-state index contributed by atoms with van der Waals surface area (Å²) in [6, 6.07) is 0.539. The SMILES string of the molecule is CCCNC(C)C(C)Cc1c(Br)c(CC)nn1CC. The molecule has 1 N–H and O–H groups in total. The number of rotatable bonds is 8. The molecule has 1 aromatic rings. The van der Waals surface area contributed by atoms with Gasteiger partial charge in [-0.3, -0.25) is 4.68 Å². The van der Waals surface area contributed by atoms with Crippen LogP contribution < -0.4 is 5.32 Å². The fourth-order valence-electron chi connectivity index (χ4n) is 2.27. The van der Waals surface area contributed by atoms with Crippen LogP contribution in [0.25, 0.3) is 0 Å². The van der Waals surface area contributed by atoms with Crippen LogP contribution in [0, 0.1) is 5.92 Å². The Morgan fingerprint density at radius 2 is 1.95 bits per heavy atom. The maximum Gasteiger partial charge on any atom is 0.0766 e. The number of nitrogens with zero attached hydrogens (tertiary/aromatic N) is 2. The highest BCUT2D eigenvalue weighted by atomic mass is 79.9. The van der Waals surface area contributed by atoms with Gasteiger partial charge in [-0.2, -0.15) is 5.10 Å². The van der Waals surface area contributed by atoms with Crippen LogP contribution in [0.4, 0.5) is 0 Å². The van der Waals surface area contributed by atoms with Crippen molar-refractivity contribution in [3.63, 3.8) is 0 Å². The van der Waals surface area contributed by atoms with Crippen molar-refractivity contribution >= 4 is 15.9 Å². The molecular weight excluding hydrogens is 302 g/mol. The third-order valence-corrected chi connectivity index (χ3v) is 4.69. The van der Waals surface area contributed by atoms with Gasteiger partial charge in [0.15, 0.2) is 0 Å². The van der Waals surface area contributed by atoms with Crippen molar-refractivity contribution in [2.24, 2.45) is 5.92 Å². The number of hydrogen-bond acceptors (Lipinski definition) is 2. The molecule has 0 saturated carbocycles. The van der Waals surface area contributed by atoms with Gasteiger partial charge in [0.1, 0.15) is 0 Å². The Hall–Kier alpha value is -0.350. The minimum Gasteiger partial charge on any atom is -0.314 e. The molecule has 0 aliphatic rings. The summed E-state index contributed by atoms with van der Waals surface area (Å²) in [5, 5.41) is 8.26. The molecule has 0 radical (unpaired) electrons. The van der Waals surface area contributed by atoms with Crippen LogP contribution in [-0.2, 0) is 19.4 Å². The van der Waals surface area contributed by atoms with Crippen molar-refractivity contribution in [2.45, 2.75) is 66.5 Å². The van der Waals surface area contributed by atoms with E-state index in [0.717, 1.165) is 25.9 Å². The van der Waals surface area contributed by atoms with E-state index in [9.17, 15) is 0 Å². The normalized spacial score (nSPS) is 14.6. The first-order chi connectivity index (χ1) is 9.04. The zero-order chi connectivity index (χ0) is 14.4. The summed E-state index contributed by atoms with van der Waals surface area (Å²) in [6.07, 6.45) is 3.24. The van der Waals surface area contributed by atoms with Gasteiger partial charge < -0.3 is 5.32 Å². The molecule has 0 spiro atoms. The summed E-state index contributed by atoms with van der Waals surface area (Å²) in [7, 11) is 0. The van der Waals surface area contributed by atoms with Gasteiger partial charge in [0, 0.05) is 12.6 Å². The lowest BCUT2D eigenvalue weighted by Crippen LogP contribution is -2.34. The number of hydrogen-bond donors (Lipinski definition) is 1. The molecule has 110 valence electrons. The average Bonchev–Trinajstić information content (AvgIpc) is 2.72. The summed E-state index contributed by atoms with van der Waals surface area (Å²) < 4.78 is 3.36. The van der Waals surface area contributed by atoms with Gasteiger partial charge in [-0.15, -0.1) is 0 Å². The van der Waals surface area contributed by atoms with E-state index in [-0.39, 0.29) is 0 Å². The van der Waals surface area contributed by atoms with Crippen LogP contribution in [0.5, 0.6) is 0 Å². The van der Waals surface area contributed by atoms with Gasteiger partial charge in [-0.25, -0.2) is 0 Å². The lowest BCUT2D eigenvalue weighted by Gasteiger charge is -2.21. The van der Waals surface area contributed by atoms with Crippen molar-refractivity contribution in [3.8, 4) is 0 Å². The zero-order valence-corrected chi connectivity index (χ0v) is 14.5. The Morgan fingerprint density at radius 1 is 1.26 bits per heavy atom. The smallest absolute Gasteiger partial charge is 0.0766 e. The summed E-state index contributed by atoms with van der Waals surface area (Å²) >= 11 is 3.73. The first-order valence-electron chi connectivity index (χ1n) is 7.52. The predicted octanol–water partition coefficient (Wildman–Crippen LogP) is 3.79. The minimum absolute atomic E-state index is 0.539. The topological polar surface area (TPSA) is 29.9 Å².